The molecule has 0 saturated carbocycles. The van der Waals surface area contributed by atoms with Crippen molar-refractivity contribution in [1.82, 2.24) is 19.9 Å². The Labute approximate surface area is 163 Å². The van der Waals surface area contributed by atoms with Crippen molar-refractivity contribution >= 4 is 22.5 Å². The molecule has 4 rings (SSSR count). The molecule has 8 nitrogen and oxygen atoms in total. The van der Waals surface area contributed by atoms with E-state index in [0.717, 1.165) is 54.2 Å². The van der Waals surface area contributed by atoms with Crippen molar-refractivity contribution < 1.29 is 9.47 Å². The first-order valence-corrected chi connectivity index (χ1v) is 9.35. The van der Waals surface area contributed by atoms with Gasteiger partial charge in [-0.05, 0) is 25.8 Å². The molecule has 1 aliphatic heterocycles. The Morgan fingerprint density at radius 2 is 1.79 bits per heavy atom. The van der Waals surface area contributed by atoms with Gasteiger partial charge in [-0.1, -0.05) is 0 Å². The van der Waals surface area contributed by atoms with Crippen LogP contribution in [0.15, 0.2) is 30.9 Å². The van der Waals surface area contributed by atoms with Crippen molar-refractivity contribution in [3.8, 4) is 11.5 Å². The molecule has 1 aliphatic rings. The number of rotatable bonds is 5. The molecule has 1 fully saturated rings. The fourth-order valence-electron chi connectivity index (χ4n) is 3.65. The molecule has 1 atom stereocenters. The lowest BCUT2D eigenvalue weighted by Gasteiger charge is -2.34. The molecule has 146 valence electrons. The number of anilines is 2. The molecular formula is C20H24N6O2. The highest BCUT2D eigenvalue weighted by Crippen LogP contribution is 2.35. The first-order chi connectivity index (χ1) is 13.7. The summed E-state index contributed by atoms with van der Waals surface area (Å²) in [6.07, 6.45) is 5.35. The second-order valence-corrected chi connectivity index (χ2v) is 6.90. The van der Waals surface area contributed by atoms with Gasteiger partial charge in [-0.2, -0.15) is 0 Å². The Morgan fingerprint density at radius 3 is 2.57 bits per heavy atom. The minimum atomic E-state index is 0.285. The van der Waals surface area contributed by atoms with Crippen LogP contribution in [-0.4, -0.2) is 53.3 Å². The van der Waals surface area contributed by atoms with Gasteiger partial charge in [0.25, 0.3) is 0 Å². The van der Waals surface area contributed by atoms with E-state index < -0.39 is 0 Å². The van der Waals surface area contributed by atoms with Gasteiger partial charge in [0.1, 0.15) is 24.3 Å². The van der Waals surface area contributed by atoms with Gasteiger partial charge in [0.2, 0.25) is 0 Å². The summed E-state index contributed by atoms with van der Waals surface area (Å²) in [5, 5.41) is 4.49. The zero-order chi connectivity index (χ0) is 19.5. The van der Waals surface area contributed by atoms with Crippen molar-refractivity contribution in [3.63, 3.8) is 0 Å². The number of nitrogens with one attached hydrogen (secondary N) is 1. The second-order valence-electron chi connectivity index (χ2n) is 6.90. The van der Waals surface area contributed by atoms with E-state index in [1.165, 1.54) is 0 Å². The van der Waals surface area contributed by atoms with E-state index in [4.69, 9.17) is 9.47 Å². The number of methoxy groups -OCH3 is 2. The average Bonchev–Trinajstić information content (AvgIpc) is 2.72. The largest absolute Gasteiger partial charge is 0.493 e. The Balaban J connectivity index is 1.62. The van der Waals surface area contributed by atoms with Gasteiger partial charge in [0.05, 0.1) is 19.7 Å². The van der Waals surface area contributed by atoms with Gasteiger partial charge in [-0.15, -0.1) is 0 Å². The zero-order valence-corrected chi connectivity index (χ0v) is 16.3. The predicted molar refractivity (Wildman–Crippen MR) is 108 cm³/mol. The number of hydrogen-bond acceptors (Lipinski definition) is 8. The molecular weight excluding hydrogens is 356 g/mol. The van der Waals surface area contributed by atoms with Crippen LogP contribution in [0.4, 0.5) is 11.6 Å². The third kappa shape index (κ3) is 3.62. The summed E-state index contributed by atoms with van der Waals surface area (Å²) in [5.74, 6) is 3.11. The van der Waals surface area contributed by atoms with Gasteiger partial charge in [0, 0.05) is 42.3 Å². The molecule has 0 aliphatic carbocycles. The molecule has 0 spiro atoms. The van der Waals surface area contributed by atoms with Crippen molar-refractivity contribution in [1.29, 1.82) is 0 Å². The molecule has 28 heavy (non-hydrogen) atoms. The quantitative estimate of drug-likeness (QED) is 0.723. The summed E-state index contributed by atoms with van der Waals surface area (Å²) in [7, 11) is 3.26. The van der Waals surface area contributed by atoms with Crippen LogP contribution in [0, 0.1) is 6.92 Å². The lowest BCUT2D eigenvalue weighted by molar-refractivity contribution is 0.355. The van der Waals surface area contributed by atoms with Crippen LogP contribution in [-0.2, 0) is 0 Å². The maximum absolute atomic E-state index is 5.47. The number of fused-ring (bicyclic) bond motifs is 1. The van der Waals surface area contributed by atoms with Crippen molar-refractivity contribution in [2.75, 3.05) is 37.5 Å². The van der Waals surface area contributed by atoms with E-state index in [-0.39, 0.29) is 6.04 Å². The minimum Gasteiger partial charge on any atom is -0.493 e. The van der Waals surface area contributed by atoms with E-state index in [0.29, 0.717) is 11.5 Å². The van der Waals surface area contributed by atoms with Crippen LogP contribution >= 0.6 is 0 Å². The van der Waals surface area contributed by atoms with E-state index >= 15 is 0 Å². The molecule has 0 radical (unpaired) electrons. The summed E-state index contributed by atoms with van der Waals surface area (Å²) in [5.41, 5.74) is 1.79. The number of aromatic nitrogens is 4. The number of benzene rings is 1. The highest BCUT2D eigenvalue weighted by Gasteiger charge is 2.23. The number of aryl methyl sites for hydroxylation is 1. The highest BCUT2D eigenvalue weighted by atomic mass is 16.5. The Morgan fingerprint density at radius 1 is 1.00 bits per heavy atom. The number of nitrogens with zero attached hydrogens (tertiary/aromatic N) is 5. The Kier molecular flexibility index (Phi) is 5.10. The van der Waals surface area contributed by atoms with Gasteiger partial charge in [-0.3, -0.25) is 0 Å². The van der Waals surface area contributed by atoms with Crippen molar-refractivity contribution in [2.24, 2.45) is 0 Å². The zero-order valence-electron chi connectivity index (χ0n) is 16.3. The Bertz CT molecular complexity index is 980. The van der Waals surface area contributed by atoms with E-state index in [2.05, 4.69) is 30.2 Å². The van der Waals surface area contributed by atoms with E-state index in [1.54, 1.807) is 26.9 Å². The maximum Gasteiger partial charge on any atom is 0.162 e. The van der Waals surface area contributed by atoms with Crippen molar-refractivity contribution in [2.45, 2.75) is 25.8 Å². The molecule has 3 heterocycles. The molecule has 0 amide bonds. The summed E-state index contributed by atoms with van der Waals surface area (Å²) in [4.78, 5) is 19.8. The molecule has 1 saturated heterocycles. The lowest BCUT2D eigenvalue weighted by atomic mass is 10.0. The topological polar surface area (TPSA) is 85.3 Å². The molecule has 3 aromatic rings. The van der Waals surface area contributed by atoms with Crippen LogP contribution in [0.3, 0.4) is 0 Å². The smallest absolute Gasteiger partial charge is 0.162 e. The average molecular weight is 380 g/mol. The molecule has 0 bridgehead atoms. The summed E-state index contributed by atoms with van der Waals surface area (Å²) in [6.45, 7) is 3.75. The van der Waals surface area contributed by atoms with E-state index in [9.17, 15) is 0 Å². The first-order valence-electron chi connectivity index (χ1n) is 9.35. The van der Waals surface area contributed by atoms with E-state index in [1.807, 2.05) is 25.1 Å². The van der Waals surface area contributed by atoms with Crippen LogP contribution in [0.25, 0.3) is 10.9 Å². The number of ether oxygens (including phenoxy) is 2. The van der Waals surface area contributed by atoms with Gasteiger partial charge in [0.15, 0.2) is 11.5 Å². The molecule has 8 heteroatoms. The molecule has 1 N–H and O–H groups in total. The van der Waals surface area contributed by atoms with Gasteiger partial charge >= 0.3 is 0 Å². The summed E-state index contributed by atoms with van der Waals surface area (Å²) in [6, 6.07) is 6.10. The lowest BCUT2D eigenvalue weighted by Crippen LogP contribution is -2.42. The van der Waals surface area contributed by atoms with Crippen molar-refractivity contribution in [3.05, 3.63) is 36.5 Å². The van der Waals surface area contributed by atoms with Crippen LogP contribution in [0.2, 0.25) is 0 Å². The maximum atomic E-state index is 5.47. The highest BCUT2D eigenvalue weighted by molar-refractivity contribution is 5.92. The third-order valence-electron chi connectivity index (χ3n) is 5.00. The normalized spacial score (nSPS) is 16.8. The molecule has 1 unspecified atom stereocenters. The van der Waals surface area contributed by atoms with Gasteiger partial charge in [-0.25, -0.2) is 19.9 Å². The molecule has 1 aromatic carbocycles. The van der Waals surface area contributed by atoms with Crippen LogP contribution in [0.5, 0.6) is 11.5 Å². The first kappa shape index (κ1) is 18.2. The van der Waals surface area contributed by atoms with Crippen LogP contribution in [0.1, 0.15) is 18.5 Å². The Hall–Kier alpha value is -3.16. The minimum absolute atomic E-state index is 0.285. The monoisotopic (exact) mass is 380 g/mol. The SMILES string of the molecule is COc1cc2ncnc(N3CCCC(Nc4cc(C)ncn4)C3)c2cc1OC. The third-order valence-corrected chi connectivity index (χ3v) is 5.00. The standard InChI is InChI=1S/C20H24N6O2/c1-13-7-19(23-11-21-13)25-14-5-4-6-26(10-14)20-15-8-17(27-2)18(28-3)9-16(15)22-12-24-20/h7-9,11-12,14H,4-6,10H2,1-3H3,(H,21,23,25). The fraction of sp³-hybridized carbons (Fsp3) is 0.400. The summed E-state index contributed by atoms with van der Waals surface area (Å²) < 4.78 is 10.9. The van der Waals surface area contributed by atoms with Crippen LogP contribution < -0.4 is 19.7 Å². The summed E-state index contributed by atoms with van der Waals surface area (Å²) >= 11 is 0. The number of piperidine rings is 1. The van der Waals surface area contributed by atoms with Gasteiger partial charge < -0.3 is 19.7 Å². The second kappa shape index (κ2) is 7.84. The molecule has 2 aromatic heterocycles. The predicted octanol–water partition coefficient (Wildman–Crippen LogP) is 2.83. The fourth-order valence-corrected chi connectivity index (χ4v) is 3.65. The number of hydrogen-bond donors (Lipinski definition) is 1.